The molecule has 1 aromatic carbocycles. The van der Waals surface area contributed by atoms with Crippen molar-refractivity contribution in [1.82, 2.24) is 15.0 Å². The van der Waals surface area contributed by atoms with Gasteiger partial charge in [-0.3, -0.25) is 5.32 Å². The van der Waals surface area contributed by atoms with Gasteiger partial charge in [-0.15, -0.1) is 11.3 Å². The van der Waals surface area contributed by atoms with Crippen LogP contribution >= 0.6 is 11.3 Å². The van der Waals surface area contributed by atoms with Crippen LogP contribution in [0.15, 0.2) is 29.2 Å². The lowest BCUT2D eigenvalue weighted by Gasteiger charge is -2.08. The zero-order valence-corrected chi connectivity index (χ0v) is 16.9. The molecule has 0 saturated heterocycles. The average Bonchev–Trinajstić information content (AvgIpc) is 2.87. The lowest BCUT2D eigenvalue weighted by atomic mass is 10.2. The Labute approximate surface area is 163 Å². The Morgan fingerprint density at radius 2 is 1.85 bits per heavy atom. The van der Waals surface area contributed by atoms with Crippen LogP contribution in [0, 0.1) is 6.92 Å². The minimum absolute atomic E-state index is 0.109. The Bertz CT molecular complexity index is 868. The van der Waals surface area contributed by atoms with E-state index in [4.69, 9.17) is 0 Å². The first-order valence-electron chi connectivity index (χ1n) is 9.04. The second kappa shape index (κ2) is 8.81. The molecule has 7 nitrogen and oxygen atoms in total. The molecule has 1 heterocycles. The fourth-order valence-corrected chi connectivity index (χ4v) is 4.96. The molecule has 1 aliphatic rings. The number of hydrogen-bond acceptors (Lipinski definition) is 5. The number of hydrogen-bond donors (Lipinski definition) is 3. The predicted molar refractivity (Wildman–Crippen MR) is 107 cm³/mol. The summed E-state index contributed by atoms with van der Waals surface area (Å²) >= 11 is 1.52. The van der Waals surface area contributed by atoms with Gasteiger partial charge in [0.15, 0.2) is 5.13 Å². The zero-order valence-electron chi connectivity index (χ0n) is 15.2. The second-order valence-electron chi connectivity index (χ2n) is 6.54. The van der Waals surface area contributed by atoms with Crippen molar-refractivity contribution < 1.29 is 13.2 Å². The third kappa shape index (κ3) is 5.50. The van der Waals surface area contributed by atoms with Crippen molar-refractivity contribution in [3.05, 3.63) is 40.4 Å². The molecule has 2 amide bonds. The van der Waals surface area contributed by atoms with Crippen LogP contribution in [0.4, 0.5) is 9.93 Å². The van der Waals surface area contributed by atoms with E-state index in [0.29, 0.717) is 5.13 Å². The number of fused-ring (bicyclic) bond motifs is 1. The first kappa shape index (κ1) is 19.8. The van der Waals surface area contributed by atoms with E-state index >= 15 is 0 Å². The highest BCUT2D eigenvalue weighted by molar-refractivity contribution is 7.89. The fraction of sp³-hybridized carbons (Fsp3) is 0.444. The van der Waals surface area contributed by atoms with E-state index < -0.39 is 10.0 Å². The fourth-order valence-electron chi connectivity index (χ4n) is 2.89. The second-order valence-corrected chi connectivity index (χ2v) is 9.39. The topological polar surface area (TPSA) is 100 Å². The summed E-state index contributed by atoms with van der Waals surface area (Å²) in [6.45, 7) is 2.19. The molecule has 3 rings (SSSR count). The van der Waals surface area contributed by atoms with Crippen molar-refractivity contribution >= 4 is 32.5 Å². The lowest BCUT2D eigenvalue weighted by molar-refractivity contribution is 0.252. The van der Waals surface area contributed by atoms with Gasteiger partial charge in [-0.2, -0.15) is 0 Å². The van der Waals surface area contributed by atoms with Crippen LogP contribution in [0.3, 0.4) is 0 Å². The van der Waals surface area contributed by atoms with E-state index in [1.807, 2.05) is 6.92 Å². The zero-order chi connectivity index (χ0) is 19.3. The van der Waals surface area contributed by atoms with Gasteiger partial charge < -0.3 is 5.32 Å². The number of thiazole rings is 1. The summed E-state index contributed by atoms with van der Waals surface area (Å²) in [5.41, 5.74) is 2.09. The number of nitrogens with one attached hydrogen (secondary N) is 3. The van der Waals surface area contributed by atoms with Crippen molar-refractivity contribution in [3.8, 4) is 0 Å². The van der Waals surface area contributed by atoms with Gasteiger partial charge in [0.2, 0.25) is 10.0 Å². The van der Waals surface area contributed by atoms with E-state index in [0.717, 1.165) is 30.5 Å². The van der Waals surface area contributed by atoms with Crippen molar-refractivity contribution in [2.24, 2.45) is 0 Å². The molecule has 0 bridgehead atoms. The van der Waals surface area contributed by atoms with Gasteiger partial charge in [0.05, 0.1) is 10.6 Å². The van der Waals surface area contributed by atoms with Gasteiger partial charge in [-0.1, -0.05) is 24.1 Å². The van der Waals surface area contributed by atoms with Gasteiger partial charge >= 0.3 is 6.03 Å². The first-order chi connectivity index (χ1) is 12.9. The largest absolute Gasteiger partial charge is 0.336 e. The third-order valence-corrected chi connectivity index (χ3v) is 6.90. The summed E-state index contributed by atoms with van der Waals surface area (Å²) in [6.07, 6.45) is 5.53. The average molecular weight is 409 g/mol. The number of sulfonamides is 1. The highest BCUT2D eigenvalue weighted by atomic mass is 32.2. The van der Waals surface area contributed by atoms with E-state index in [-0.39, 0.29) is 24.0 Å². The quantitative estimate of drug-likeness (QED) is 0.505. The van der Waals surface area contributed by atoms with Gasteiger partial charge in [-0.05, 0) is 44.7 Å². The van der Waals surface area contributed by atoms with Gasteiger partial charge in [0.25, 0.3) is 0 Å². The summed E-state index contributed by atoms with van der Waals surface area (Å²) in [4.78, 5) is 18.0. The minimum Gasteiger partial charge on any atom is -0.336 e. The Morgan fingerprint density at radius 3 is 2.63 bits per heavy atom. The standard InChI is InChI=1S/C18H24N4O3S2/c1-13-7-9-14(10-8-13)27(24,25)20-12-11-19-17(23)22-18-21-15-5-3-2-4-6-16(15)26-18/h7-10,20H,2-6,11-12H2,1H3,(H2,19,21,22,23). The number of amides is 2. The molecule has 0 unspecified atom stereocenters. The molecular weight excluding hydrogens is 384 g/mol. The summed E-state index contributed by atoms with van der Waals surface area (Å²) in [7, 11) is -3.57. The molecular formula is C18H24N4O3S2. The van der Waals surface area contributed by atoms with Crippen molar-refractivity contribution in [1.29, 1.82) is 0 Å². The maximum absolute atomic E-state index is 12.2. The number of aromatic nitrogens is 1. The number of carbonyl (C=O) groups is 1. The maximum atomic E-state index is 12.2. The molecule has 1 aliphatic carbocycles. The lowest BCUT2D eigenvalue weighted by Crippen LogP contribution is -2.36. The van der Waals surface area contributed by atoms with Gasteiger partial charge in [-0.25, -0.2) is 22.9 Å². The molecule has 27 heavy (non-hydrogen) atoms. The van der Waals surface area contributed by atoms with Crippen LogP contribution in [-0.2, 0) is 22.9 Å². The summed E-state index contributed by atoms with van der Waals surface area (Å²) < 4.78 is 26.8. The Kier molecular flexibility index (Phi) is 6.46. The number of rotatable bonds is 6. The van der Waals surface area contributed by atoms with Crippen molar-refractivity contribution in [2.45, 2.75) is 43.9 Å². The number of anilines is 1. The summed E-state index contributed by atoms with van der Waals surface area (Å²) in [5.74, 6) is 0. The first-order valence-corrected chi connectivity index (χ1v) is 11.3. The third-order valence-electron chi connectivity index (χ3n) is 4.35. The number of carbonyl (C=O) groups excluding carboxylic acids is 1. The number of nitrogens with zero attached hydrogens (tertiary/aromatic N) is 1. The van der Waals surface area contributed by atoms with Crippen molar-refractivity contribution in [3.63, 3.8) is 0 Å². The minimum atomic E-state index is -3.57. The Balaban J connectivity index is 1.44. The number of urea groups is 1. The predicted octanol–water partition coefficient (Wildman–Crippen LogP) is 2.82. The molecule has 2 aromatic rings. The highest BCUT2D eigenvalue weighted by Crippen LogP contribution is 2.28. The molecule has 3 N–H and O–H groups in total. The van der Waals surface area contributed by atoms with E-state index in [9.17, 15) is 13.2 Å². The van der Waals surface area contributed by atoms with Crippen molar-refractivity contribution in [2.75, 3.05) is 18.4 Å². The van der Waals surface area contributed by atoms with E-state index in [1.165, 1.54) is 29.1 Å². The molecule has 146 valence electrons. The number of benzene rings is 1. The molecule has 0 aliphatic heterocycles. The molecule has 9 heteroatoms. The summed E-state index contributed by atoms with van der Waals surface area (Å²) in [5, 5.41) is 5.98. The maximum Gasteiger partial charge on any atom is 0.321 e. The summed E-state index contributed by atoms with van der Waals surface area (Å²) in [6, 6.07) is 6.23. The number of aryl methyl sites for hydroxylation is 3. The normalized spacial score (nSPS) is 14.3. The molecule has 1 aromatic heterocycles. The smallest absolute Gasteiger partial charge is 0.321 e. The molecule has 0 fully saturated rings. The van der Waals surface area contributed by atoms with Gasteiger partial charge in [0, 0.05) is 18.0 Å². The Morgan fingerprint density at radius 1 is 1.11 bits per heavy atom. The highest BCUT2D eigenvalue weighted by Gasteiger charge is 2.16. The molecule has 0 saturated carbocycles. The van der Waals surface area contributed by atoms with E-state index in [1.54, 1.807) is 24.3 Å². The van der Waals surface area contributed by atoms with E-state index in [2.05, 4.69) is 20.3 Å². The van der Waals surface area contributed by atoms with Crippen LogP contribution in [0.25, 0.3) is 0 Å². The molecule has 0 atom stereocenters. The SMILES string of the molecule is Cc1ccc(S(=O)(=O)NCCNC(=O)Nc2nc3c(s2)CCCCC3)cc1. The Hall–Kier alpha value is -1.97. The van der Waals surface area contributed by atoms with Crippen LogP contribution in [0.5, 0.6) is 0 Å². The van der Waals surface area contributed by atoms with Crippen LogP contribution < -0.4 is 15.4 Å². The van der Waals surface area contributed by atoms with Crippen LogP contribution in [0.2, 0.25) is 0 Å². The van der Waals surface area contributed by atoms with Crippen LogP contribution in [-0.4, -0.2) is 32.5 Å². The van der Waals surface area contributed by atoms with Gasteiger partial charge in [0.1, 0.15) is 0 Å². The molecule has 0 radical (unpaired) electrons. The van der Waals surface area contributed by atoms with Crippen LogP contribution in [0.1, 0.15) is 35.4 Å². The monoisotopic (exact) mass is 408 g/mol. The molecule has 0 spiro atoms.